The van der Waals surface area contributed by atoms with E-state index < -0.39 is 0 Å². The summed E-state index contributed by atoms with van der Waals surface area (Å²) >= 11 is 7.75. The van der Waals surface area contributed by atoms with Gasteiger partial charge in [-0.05, 0) is 44.9 Å². The molecule has 1 aromatic heterocycles. The van der Waals surface area contributed by atoms with Crippen LogP contribution in [0.4, 0.5) is 0 Å². The van der Waals surface area contributed by atoms with Crippen LogP contribution in [0.2, 0.25) is 4.34 Å². The molecular formula is C15H26ClNOS. The molecule has 1 atom stereocenters. The van der Waals surface area contributed by atoms with Crippen LogP contribution in [0.3, 0.4) is 0 Å². The second kappa shape index (κ2) is 8.25. The van der Waals surface area contributed by atoms with Crippen molar-refractivity contribution in [3.8, 4) is 0 Å². The molecule has 0 saturated carbocycles. The summed E-state index contributed by atoms with van der Waals surface area (Å²) in [5.74, 6) is 0. The first-order valence-electron chi connectivity index (χ1n) is 7.26. The lowest BCUT2D eigenvalue weighted by Crippen LogP contribution is -2.45. The maximum Gasteiger partial charge on any atom is 0.0931 e. The Hall–Kier alpha value is -0.0900. The summed E-state index contributed by atoms with van der Waals surface area (Å²) in [6.45, 7) is 10.4. The van der Waals surface area contributed by atoms with Crippen LogP contribution in [0.5, 0.6) is 0 Å². The van der Waals surface area contributed by atoms with Crippen molar-refractivity contribution in [2.45, 2.75) is 58.6 Å². The molecule has 1 heterocycles. The van der Waals surface area contributed by atoms with Gasteiger partial charge in [0.25, 0.3) is 0 Å². The van der Waals surface area contributed by atoms with Gasteiger partial charge < -0.3 is 10.1 Å². The molecular weight excluding hydrogens is 278 g/mol. The second-order valence-corrected chi connectivity index (χ2v) is 6.48. The molecule has 0 spiro atoms. The third kappa shape index (κ3) is 4.19. The van der Waals surface area contributed by atoms with Gasteiger partial charge in [0.15, 0.2) is 0 Å². The van der Waals surface area contributed by atoms with Crippen molar-refractivity contribution in [1.29, 1.82) is 0 Å². The van der Waals surface area contributed by atoms with Crippen LogP contribution in [0, 0.1) is 0 Å². The predicted molar refractivity (Wildman–Crippen MR) is 85.3 cm³/mol. The molecule has 0 fully saturated rings. The number of ether oxygens (including phenoxy) is 1. The first-order valence-corrected chi connectivity index (χ1v) is 8.45. The number of thiophene rings is 1. The molecule has 0 aliphatic heterocycles. The average Bonchev–Trinajstić information content (AvgIpc) is 2.84. The van der Waals surface area contributed by atoms with Gasteiger partial charge >= 0.3 is 0 Å². The van der Waals surface area contributed by atoms with Gasteiger partial charge in [-0.2, -0.15) is 0 Å². The van der Waals surface area contributed by atoms with E-state index in [9.17, 15) is 0 Å². The van der Waals surface area contributed by atoms with Crippen LogP contribution in [-0.4, -0.2) is 18.8 Å². The summed E-state index contributed by atoms with van der Waals surface area (Å²) in [7, 11) is 0. The summed E-state index contributed by atoms with van der Waals surface area (Å²) in [5, 5.41) is 3.65. The van der Waals surface area contributed by atoms with E-state index in [2.05, 4.69) is 39.1 Å². The fraction of sp³-hybridized carbons (Fsp3) is 0.733. The highest BCUT2D eigenvalue weighted by Gasteiger charge is 2.38. The van der Waals surface area contributed by atoms with Gasteiger partial charge in [0.1, 0.15) is 0 Å². The first kappa shape index (κ1) is 17.0. The highest BCUT2D eigenvalue weighted by Crippen LogP contribution is 2.39. The lowest BCUT2D eigenvalue weighted by molar-refractivity contribution is -0.0724. The average molecular weight is 304 g/mol. The predicted octanol–water partition coefficient (Wildman–Crippen LogP) is 5.04. The Morgan fingerprint density at radius 1 is 1.26 bits per heavy atom. The fourth-order valence-electron chi connectivity index (χ4n) is 2.55. The molecule has 0 amide bonds. The summed E-state index contributed by atoms with van der Waals surface area (Å²) in [5.41, 5.74) is -0.141. The van der Waals surface area contributed by atoms with E-state index in [0.717, 1.165) is 36.8 Å². The van der Waals surface area contributed by atoms with Gasteiger partial charge in [-0.3, -0.25) is 0 Å². The molecule has 0 saturated heterocycles. The zero-order valence-electron chi connectivity index (χ0n) is 12.5. The van der Waals surface area contributed by atoms with Gasteiger partial charge in [-0.1, -0.05) is 32.4 Å². The Kier molecular flexibility index (Phi) is 7.37. The van der Waals surface area contributed by atoms with E-state index in [1.54, 1.807) is 11.3 Å². The lowest BCUT2D eigenvalue weighted by atomic mass is 9.87. The van der Waals surface area contributed by atoms with E-state index in [1.165, 1.54) is 4.88 Å². The van der Waals surface area contributed by atoms with Crippen LogP contribution < -0.4 is 5.32 Å². The zero-order chi connectivity index (χ0) is 14.3. The minimum atomic E-state index is -0.141. The molecule has 2 nitrogen and oxygen atoms in total. The second-order valence-electron chi connectivity index (χ2n) is 4.73. The quantitative estimate of drug-likeness (QED) is 0.690. The zero-order valence-corrected chi connectivity index (χ0v) is 14.0. The minimum absolute atomic E-state index is 0.141. The molecule has 0 aliphatic rings. The molecule has 19 heavy (non-hydrogen) atoms. The normalized spacial score (nSPS) is 13.7. The van der Waals surface area contributed by atoms with Crippen molar-refractivity contribution in [3.63, 3.8) is 0 Å². The minimum Gasteiger partial charge on any atom is -0.373 e. The highest BCUT2D eigenvalue weighted by molar-refractivity contribution is 7.16. The largest absolute Gasteiger partial charge is 0.373 e. The Bertz CT molecular complexity index is 363. The summed E-state index contributed by atoms with van der Waals surface area (Å²) in [6, 6.07) is 4.32. The van der Waals surface area contributed by atoms with E-state index >= 15 is 0 Å². The fourth-order valence-corrected chi connectivity index (χ4v) is 3.79. The van der Waals surface area contributed by atoms with Gasteiger partial charge in [-0.25, -0.2) is 0 Å². The number of hydrogen-bond acceptors (Lipinski definition) is 3. The smallest absolute Gasteiger partial charge is 0.0931 e. The Balaban J connectivity index is 3.05. The Labute approximate surface area is 126 Å². The van der Waals surface area contributed by atoms with Crippen molar-refractivity contribution in [2.24, 2.45) is 0 Å². The van der Waals surface area contributed by atoms with Crippen LogP contribution in [0.1, 0.15) is 57.9 Å². The van der Waals surface area contributed by atoms with E-state index in [1.807, 2.05) is 6.07 Å². The third-order valence-electron chi connectivity index (χ3n) is 3.63. The number of hydrogen-bond donors (Lipinski definition) is 1. The van der Waals surface area contributed by atoms with E-state index in [4.69, 9.17) is 16.3 Å². The Morgan fingerprint density at radius 2 is 1.95 bits per heavy atom. The maximum atomic E-state index is 6.15. The number of halogens is 1. The summed E-state index contributed by atoms with van der Waals surface area (Å²) < 4.78 is 7.00. The molecule has 1 unspecified atom stereocenters. The van der Waals surface area contributed by atoms with Crippen molar-refractivity contribution < 1.29 is 4.74 Å². The maximum absolute atomic E-state index is 6.15. The molecule has 1 N–H and O–H groups in total. The number of nitrogens with one attached hydrogen (secondary N) is 1. The van der Waals surface area contributed by atoms with Crippen molar-refractivity contribution in [2.75, 3.05) is 13.2 Å². The van der Waals surface area contributed by atoms with Gasteiger partial charge in [0, 0.05) is 11.5 Å². The van der Waals surface area contributed by atoms with Crippen molar-refractivity contribution in [1.82, 2.24) is 5.32 Å². The SMILES string of the molecule is CCCNC(c1ccc(Cl)s1)C(CC)(CC)OCC. The Morgan fingerprint density at radius 3 is 2.37 bits per heavy atom. The molecule has 0 aliphatic carbocycles. The molecule has 1 rings (SSSR count). The van der Waals surface area contributed by atoms with Crippen molar-refractivity contribution in [3.05, 3.63) is 21.3 Å². The highest BCUT2D eigenvalue weighted by atomic mass is 35.5. The number of rotatable bonds is 9. The molecule has 4 heteroatoms. The van der Waals surface area contributed by atoms with Gasteiger partial charge in [-0.15, -0.1) is 11.3 Å². The third-order valence-corrected chi connectivity index (χ3v) is 4.93. The summed E-state index contributed by atoms with van der Waals surface area (Å²) in [4.78, 5) is 1.27. The lowest BCUT2D eigenvalue weighted by Gasteiger charge is -2.39. The molecule has 1 aromatic rings. The van der Waals surface area contributed by atoms with Crippen molar-refractivity contribution >= 4 is 22.9 Å². The molecule has 0 aromatic carbocycles. The standard InChI is InChI=1S/C15H26ClNOS/c1-5-11-17-14(12-9-10-13(16)19-12)15(6-2,7-3)18-8-4/h9-10,14,17H,5-8,11H2,1-4H3. The monoisotopic (exact) mass is 303 g/mol. The van der Waals surface area contributed by atoms with Gasteiger partial charge in [0.2, 0.25) is 0 Å². The topological polar surface area (TPSA) is 21.3 Å². The van der Waals surface area contributed by atoms with Crippen LogP contribution >= 0.6 is 22.9 Å². The van der Waals surface area contributed by atoms with Crippen LogP contribution in [0.25, 0.3) is 0 Å². The molecule has 110 valence electrons. The molecule has 0 radical (unpaired) electrons. The first-order chi connectivity index (χ1) is 9.13. The van der Waals surface area contributed by atoms with E-state index in [0.29, 0.717) is 0 Å². The van der Waals surface area contributed by atoms with Crippen LogP contribution in [0.15, 0.2) is 12.1 Å². The molecule has 0 bridgehead atoms. The van der Waals surface area contributed by atoms with Gasteiger partial charge in [0.05, 0.1) is 16.0 Å². The summed E-state index contributed by atoms with van der Waals surface area (Å²) in [6.07, 6.45) is 3.10. The van der Waals surface area contributed by atoms with E-state index in [-0.39, 0.29) is 11.6 Å². The van der Waals surface area contributed by atoms with Crippen LogP contribution in [-0.2, 0) is 4.74 Å².